The Morgan fingerprint density at radius 3 is 2.62 bits per heavy atom. The van der Waals surface area contributed by atoms with Gasteiger partial charge in [-0.3, -0.25) is 4.79 Å². The van der Waals surface area contributed by atoms with E-state index in [1.165, 1.54) is 5.56 Å². The Bertz CT molecular complexity index is 952. The van der Waals surface area contributed by atoms with Gasteiger partial charge in [0.1, 0.15) is 11.4 Å². The van der Waals surface area contributed by atoms with Crippen molar-refractivity contribution >= 4 is 17.3 Å². The third kappa shape index (κ3) is 5.57. The summed E-state index contributed by atoms with van der Waals surface area (Å²) >= 11 is 0. The molecule has 0 unspecified atom stereocenters. The Labute approximate surface area is 172 Å². The molecule has 5 nitrogen and oxygen atoms in total. The fourth-order valence-corrected chi connectivity index (χ4v) is 3.11. The number of methoxy groups -OCH3 is 1. The van der Waals surface area contributed by atoms with Gasteiger partial charge in [0.05, 0.1) is 19.0 Å². The Morgan fingerprint density at radius 1 is 1.07 bits per heavy atom. The van der Waals surface area contributed by atoms with Gasteiger partial charge in [-0.05, 0) is 53.8 Å². The molecule has 0 atom stereocenters. The number of rotatable bonds is 8. The van der Waals surface area contributed by atoms with Gasteiger partial charge in [0, 0.05) is 12.2 Å². The van der Waals surface area contributed by atoms with Crippen LogP contribution in [-0.2, 0) is 6.42 Å². The van der Waals surface area contributed by atoms with Gasteiger partial charge >= 0.3 is 0 Å². The SMILES string of the molecule is COc1cccc(CCNc2ccc(C(=O)Nc3ccccc3C(C)C)nc2)c1. The molecule has 1 aromatic heterocycles. The Hall–Kier alpha value is -3.34. The summed E-state index contributed by atoms with van der Waals surface area (Å²) in [6, 6.07) is 19.5. The van der Waals surface area contributed by atoms with Crippen LogP contribution in [0.3, 0.4) is 0 Å². The van der Waals surface area contributed by atoms with Crippen molar-refractivity contribution in [3.63, 3.8) is 0 Å². The maximum Gasteiger partial charge on any atom is 0.274 e. The lowest BCUT2D eigenvalue weighted by atomic mass is 10.0. The highest BCUT2D eigenvalue weighted by Crippen LogP contribution is 2.24. The minimum Gasteiger partial charge on any atom is -0.497 e. The summed E-state index contributed by atoms with van der Waals surface area (Å²) in [5.74, 6) is 0.982. The zero-order chi connectivity index (χ0) is 20.6. The number of anilines is 2. The number of nitrogens with one attached hydrogen (secondary N) is 2. The first-order valence-corrected chi connectivity index (χ1v) is 9.80. The minimum atomic E-state index is -0.207. The highest BCUT2D eigenvalue weighted by molar-refractivity contribution is 6.03. The number of benzene rings is 2. The zero-order valence-electron chi connectivity index (χ0n) is 17.1. The number of pyridine rings is 1. The normalized spacial score (nSPS) is 10.6. The summed E-state index contributed by atoms with van der Waals surface area (Å²) in [4.78, 5) is 16.9. The van der Waals surface area contributed by atoms with Crippen molar-refractivity contribution in [1.29, 1.82) is 0 Å². The van der Waals surface area contributed by atoms with E-state index in [9.17, 15) is 4.79 Å². The van der Waals surface area contributed by atoms with Crippen molar-refractivity contribution in [3.8, 4) is 5.75 Å². The van der Waals surface area contributed by atoms with E-state index in [2.05, 4.69) is 35.5 Å². The first-order chi connectivity index (χ1) is 14.1. The molecule has 0 bridgehead atoms. The van der Waals surface area contributed by atoms with Gasteiger partial charge in [0.15, 0.2) is 0 Å². The van der Waals surface area contributed by atoms with Crippen LogP contribution in [0, 0.1) is 0 Å². The number of nitrogens with zero attached hydrogens (tertiary/aromatic N) is 1. The largest absolute Gasteiger partial charge is 0.497 e. The Kier molecular flexibility index (Phi) is 6.85. The van der Waals surface area contributed by atoms with Crippen LogP contribution in [0.1, 0.15) is 41.4 Å². The lowest BCUT2D eigenvalue weighted by Gasteiger charge is -2.13. The number of amides is 1. The van der Waals surface area contributed by atoms with E-state index in [1.807, 2.05) is 48.5 Å². The quantitative estimate of drug-likeness (QED) is 0.561. The van der Waals surface area contributed by atoms with Gasteiger partial charge in [0.25, 0.3) is 5.91 Å². The molecule has 0 radical (unpaired) electrons. The molecule has 0 saturated heterocycles. The average Bonchev–Trinajstić information content (AvgIpc) is 2.74. The predicted molar refractivity (Wildman–Crippen MR) is 118 cm³/mol. The van der Waals surface area contributed by atoms with Crippen LogP contribution in [-0.4, -0.2) is 24.5 Å². The Morgan fingerprint density at radius 2 is 1.90 bits per heavy atom. The van der Waals surface area contributed by atoms with Gasteiger partial charge in [-0.25, -0.2) is 4.98 Å². The number of ether oxygens (including phenoxy) is 1. The maximum absolute atomic E-state index is 12.6. The van der Waals surface area contributed by atoms with Gasteiger partial charge in [-0.2, -0.15) is 0 Å². The molecule has 0 aliphatic heterocycles. The number of aromatic nitrogens is 1. The van der Waals surface area contributed by atoms with E-state index < -0.39 is 0 Å². The highest BCUT2D eigenvalue weighted by atomic mass is 16.5. The first kappa shape index (κ1) is 20.4. The third-order valence-electron chi connectivity index (χ3n) is 4.70. The van der Waals surface area contributed by atoms with Crippen LogP contribution >= 0.6 is 0 Å². The molecular weight excluding hydrogens is 362 g/mol. The molecule has 1 amide bonds. The van der Waals surface area contributed by atoms with E-state index in [0.29, 0.717) is 11.6 Å². The van der Waals surface area contributed by atoms with Crippen LogP contribution in [0.25, 0.3) is 0 Å². The molecule has 0 aliphatic rings. The molecule has 0 spiro atoms. The number of carbonyl (C=O) groups is 1. The Balaban J connectivity index is 1.56. The van der Waals surface area contributed by atoms with Crippen molar-refractivity contribution in [2.75, 3.05) is 24.3 Å². The standard InChI is InChI=1S/C24H27N3O2/c1-17(2)21-9-4-5-10-22(21)27-24(28)23-12-11-19(16-26-23)25-14-13-18-7-6-8-20(15-18)29-3/h4-12,15-17,25H,13-14H2,1-3H3,(H,27,28). The molecule has 29 heavy (non-hydrogen) atoms. The van der Waals surface area contributed by atoms with Crippen molar-refractivity contribution in [2.24, 2.45) is 0 Å². The van der Waals surface area contributed by atoms with Crippen molar-refractivity contribution in [3.05, 3.63) is 83.7 Å². The molecule has 0 saturated carbocycles. The van der Waals surface area contributed by atoms with Crippen LogP contribution in [0.5, 0.6) is 5.75 Å². The topological polar surface area (TPSA) is 63.2 Å². The lowest BCUT2D eigenvalue weighted by Crippen LogP contribution is -2.15. The van der Waals surface area contributed by atoms with Crippen molar-refractivity contribution < 1.29 is 9.53 Å². The summed E-state index contributed by atoms with van der Waals surface area (Å²) in [5.41, 5.74) is 4.41. The van der Waals surface area contributed by atoms with E-state index in [-0.39, 0.29) is 5.91 Å². The predicted octanol–water partition coefficient (Wildman–Crippen LogP) is 5.12. The van der Waals surface area contributed by atoms with E-state index in [4.69, 9.17) is 4.74 Å². The third-order valence-corrected chi connectivity index (χ3v) is 4.70. The number of carbonyl (C=O) groups excluding carboxylic acids is 1. The molecule has 150 valence electrons. The summed E-state index contributed by atoms with van der Waals surface area (Å²) in [6.07, 6.45) is 2.56. The monoisotopic (exact) mass is 389 g/mol. The fourth-order valence-electron chi connectivity index (χ4n) is 3.11. The summed E-state index contributed by atoms with van der Waals surface area (Å²) < 4.78 is 5.25. The van der Waals surface area contributed by atoms with Gasteiger partial charge in [0.2, 0.25) is 0 Å². The molecule has 3 aromatic rings. The molecule has 0 fully saturated rings. The zero-order valence-corrected chi connectivity index (χ0v) is 17.1. The summed E-state index contributed by atoms with van der Waals surface area (Å²) in [7, 11) is 1.67. The van der Waals surface area contributed by atoms with Crippen LogP contribution in [0.4, 0.5) is 11.4 Å². The van der Waals surface area contributed by atoms with E-state index in [1.54, 1.807) is 19.4 Å². The van der Waals surface area contributed by atoms with Gasteiger partial charge in [-0.15, -0.1) is 0 Å². The second kappa shape index (κ2) is 9.73. The van der Waals surface area contributed by atoms with Gasteiger partial charge < -0.3 is 15.4 Å². The average molecular weight is 389 g/mol. The van der Waals surface area contributed by atoms with Crippen LogP contribution < -0.4 is 15.4 Å². The molecule has 3 rings (SSSR count). The summed E-state index contributed by atoms with van der Waals surface area (Å²) in [5, 5.41) is 6.30. The van der Waals surface area contributed by atoms with E-state index in [0.717, 1.165) is 35.7 Å². The van der Waals surface area contributed by atoms with Crippen molar-refractivity contribution in [2.45, 2.75) is 26.2 Å². The molecular formula is C24H27N3O2. The smallest absolute Gasteiger partial charge is 0.274 e. The molecule has 0 aliphatic carbocycles. The number of hydrogen-bond donors (Lipinski definition) is 2. The lowest BCUT2D eigenvalue weighted by molar-refractivity contribution is 0.102. The van der Waals surface area contributed by atoms with Crippen LogP contribution in [0.2, 0.25) is 0 Å². The molecule has 2 aromatic carbocycles. The fraction of sp³-hybridized carbons (Fsp3) is 0.250. The maximum atomic E-state index is 12.6. The van der Waals surface area contributed by atoms with Crippen LogP contribution in [0.15, 0.2) is 66.9 Å². The minimum absolute atomic E-state index is 0.207. The molecule has 1 heterocycles. The molecule has 2 N–H and O–H groups in total. The number of para-hydroxylation sites is 1. The van der Waals surface area contributed by atoms with Gasteiger partial charge in [-0.1, -0.05) is 44.2 Å². The second-order valence-electron chi connectivity index (χ2n) is 7.16. The van der Waals surface area contributed by atoms with Crippen molar-refractivity contribution in [1.82, 2.24) is 4.98 Å². The second-order valence-corrected chi connectivity index (χ2v) is 7.16. The number of hydrogen-bond acceptors (Lipinski definition) is 4. The highest BCUT2D eigenvalue weighted by Gasteiger charge is 2.12. The summed E-state index contributed by atoms with van der Waals surface area (Å²) in [6.45, 7) is 4.98. The first-order valence-electron chi connectivity index (χ1n) is 9.80. The molecule has 5 heteroatoms. The van der Waals surface area contributed by atoms with E-state index >= 15 is 0 Å².